The molecule has 1 amide bonds. The summed E-state index contributed by atoms with van der Waals surface area (Å²) in [6.07, 6.45) is 0.336. The van der Waals surface area contributed by atoms with E-state index in [1.165, 1.54) is 0 Å². The van der Waals surface area contributed by atoms with Crippen molar-refractivity contribution in [3.8, 4) is 0 Å². The van der Waals surface area contributed by atoms with Gasteiger partial charge in [0.15, 0.2) is 0 Å². The number of hydrogen-bond acceptors (Lipinski definition) is 4. The van der Waals surface area contributed by atoms with Gasteiger partial charge in [-0.2, -0.15) is 0 Å². The van der Waals surface area contributed by atoms with Gasteiger partial charge in [-0.05, 0) is 18.4 Å². The van der Waals surface area contributed by atoms with Crippen molar-refractivity contribution in [2.45, 2.75) is 31.7 Å². The zero-order chi connectivity index (χ0) is 14.0. The number of aliphatic carboxylic acids is 2. The molecule has 100 valence electrons. The maximum Gasteiger partial charge on any atom is 0.326 e. The highest BCUT2D eigenvalue weighted by Gasteiger charge is 2.22. The Labute approximate surface area is 102 Å². The Kier molecular flexibility index (Phi) is 7.71. The zero-order valence-electron chi connectivity index (χ0n) is 9.57. The SMILES string of the molecule is [N-]=[N+]=NCCCCC(=O)NC(CC(=O)O)C(=O)O. The first-order valence-electron chi connectivity index (χ1n) is 5.22. The fourth-order valence-corrected chi connectivity index (χ4v) is 1.15. The van der Waals surface area contributed by atoms with Crippen LogP contribution in [0.1, 0.15) is 25.7 Å². The molecule has 0 aromatic heterocycles. The summed E-state index contributed by atoms with van der Waals surface area (Å²) >= 11 is 0. The Balaban J connectivity index is 3.98. The highest BCUT2D eigenvalue weighted by atomic mass is 16.4. The van der Waals surface area contributed by atoms with E-state index in [4.69, 9.17) is 15.7 Å². The summed E-state index contributed by atoms with van der Waals surface area (Å²) in [6, 6.07) is -1.42. The van der Waals surface area contributed by atoms with Crippen LogP contribution in [0.3, 0.4) is 0 Å². The Morgan fingerprint density at radius 1 is 1.28 bits per heavy atom. The monoisotopic (exact) mass is 258 g/mol. The second kappa shape index (κ2) is 8.82. The molecule has 0 aliphatic heterocycles. The van der Waals surface area contributed by atoms with Crippen molar-refractivity contribution in [1.82, 2.24) is 5.32 Å². The van der Waals surface area contributed by atoms with Gasteiger partial charge in [0, 0.05) is 17.9 Å². The third-order valence-corrected chi connectivity index (χ3v) is 1.99. The summed E-state index contributed by atoms with van der Waals surface area (Å²) in [5.41, 5.74) is 8.00. The molecular formula is C9H14N4O5. The van der Waals surface area contributed by atoms with Crippen LogP contribution in [0.5, 0.6) is 0 Å². The van der Waals surface area contributed by atoms with Crippen molar-refractivity contribution in [1.29, 1.82) is 0 Å². The van der Waals surface area contributed by atoms with E-state index >= 15 is 0 Å². The predicted octanol–water partition coefficient (Wildman–Crippen LogP) is 0.511. The van der Waals surface area contributed by atoms with Crippen LogP contribution in [0.25, 0.3) is 10.4 Å². The lowest BCUT2D eigenvalue weighted by Crippen LogP contribution is -2.42. The molecule has 0 radical (unpaired) electrons. The number of nitrogens with one attached hydrogen (secondary N) is 1. The number of hydrogen-bond donors (Lipinski definition) is 3. The molecule has 0 aromatic rings. The van der Waals surface area contributed by atoms with Crippen molar-refractivity contribution >= 4 is 17.8 Å². The molecule has 0 fully saturated rings. The molecule has 0 heterocycles. The van der Waals surface area contributed by atoms with Crippen LogP contribution in [0.2, 0.25) is 0 Å². The summed E-state index contributed by atoms with van der Waals surface area (Å²) in [4.78, 5) is 34.9. The lowest BCUT2D eigenvalue weighted by molar-refractivity contribution is -0.147. The van der Waals surface area contributed by atoms with Gasteiger partial charge in [0.25, 0.3) is 0 Å². The number of carbonyl (C=O) groups is 3. The number of rotatable bonds is 9. The fraction of sp³-hybridized carbons (Fsp3) is 0.667. The summed E-state index contributed by atoms with van der Waals surface area (Å²) in [5, 5.41) is 22.5. The molecule has 0 bridgehead atoms. The lowest BCUT2D eigenvalue weighted by atomic mass is 10.2. The maximum atomic E-state index is 11.3. The molecule has 0 spiro atoms. The van der Waals surface area contributed by atoms with E-state index in [9.17, 15) is 14.4 Å². The van der Waals surface area contributed by atoms with Gasteiger partial charge < -0.3 is 15.5 Å². The van der Waals surface area contributed by atoms with Crippen LogP contribution in [0.15, 0.2) is 5.11 Å². The van der Waals surface area contributed by atoms with Crippen molar-refractivity contribution in [3.63, 3.8) is 0 Å². The van der Waals surface area contributed by atoms with Crippen LogP contribution in [-0.4, -0.2) is 40.6 Å². The third kappa shape index (κ3) is 7.94. The van der Waals surface area contributed by atoms with E-state index in [0.717, 1.165) is 0 Å². The standard InChI is InChI=1S/C9H14N4O5/c10-13-11-4-2-1-3-7(14)12-6(9(17)18)5-8(15)16/h6H,1-5H2,(H,12,14)(H,15,16)(H,17,18). The summed E-state index contributed by atoms with van der Waals surface area (Å²) in [6.45, 7) is 0.265. The molecule has 0 aromatic carbocycles. The molecule has 0 saturated carbocycles. The number of carboxylic acids is 2. The molecular weight excluding hydrogens is 244 g/mol. The van der Waals surface area contributed by atoms with Crippen molar-refractivity contribution < 1.29 is 24.6 Å². The molecule has 18 heavy (non-hydrogen) atoms. The number of unbranched alkanes of at least 4 members (excludes halogenated alkanes) is 1. The van der Waals surface area contributed by atoms with Gasteiger partial charge >= 0.3 is 11.9 Å². The molecule has 1 atom stereocenters. The maximum absolute atomic E-state index is 11.3. The quantitative estimate of drug-likeness (QED) is 0.238. The fourth-order valence-electron chi connectivity index (χ4n) is 1.15. The minimum absolute atomic E-state index is 0.0599. The van der Waals surface area contributed by atoms with Gasteiger partial charge in [-0.25, -0.2) is 4.79 Å². The highest BCUT2D eigenvalue weighted by Crippen LogP contribution is 1.99. The van der Waals surface area contributed by atoms with Gasteiger partial charge in [-0.1, -0.05) is 5.11 Å². The topological polar surface area (TPSA) is 152 Å². The first kappa shape index (κ1) is 15.7. The van der Waals surface area contributed by atoms with E-state index < -0.39 is 30.3 Å². The van der Waals surface area contributed by atoms with E-state index in [1.807, 2.05) is 0 Å². The van der Waals surface area contributed by atoms with Gasteiger partial charge in [-0.3, -0.25) is 9.59 Å². The van der Waals surface area contributed by atoms with Gasteiger partial charge in [0.05, 0.1) is 6.42 Å². The average Bonchev–Trinajstić information content (AvgIpc) is 2.27. The zero-order valence-corrected chi connectivity index (χ0v) is 9.57. The van der Waals surface area contributed by atoms with Crippen LogP contribution >= 0.6 is 0 Å². The minimum atomic E-state index is -1.42. The van der Waals surface area contributed by atoms with Crippen molar-refractivity contribution in [3.05, 3.63) is 10.4 Å². The van der Waals surface area contributed by atoms with Crippen LogP contribution in [0.4, 0.5) is 0 Å². The third-order valence-electron chi connectivity index (χ3n) is 1.99. The number of azide groups is 1. The van der Waals surface area contributed by atoms with Crippen LogP contribution in [0, 0.1) is 0 Å². The molecule has 3 N–H and O–H groups in total. The Bertz CT molecular complexity index is 364. The van der Waals surface area contributed by atoms with Crippen LogP contribution in [-0.2, 0) is 14.4 Å². The Hall–Kier alpha value is -2.28. The molecule has 1 unspecified atom stereocenters. The van der Waals surface area contributed by atoms with Gasteiger partial charge in [0.2, 0.25) is 5.91 Å². The van der Waals surface area contributed by atoms with E-state index in [-0.39, 0.29) is 13.0 Å². The lowest BCUT2D eigenvalue weighted by Gasteiger charge is -2.11. The van der Waals surface area contributed by atoms with Crippen LogP contribution < -0.4 is 5.32 Å². The second-order valence-electron chi connectivity index (χ2n) is 3.47. The molecule has 0 saturated heterocycles. The Morgan fingerprint density at radius 2 is 1.94 bits per heavy atom. The predicted molar refractivity (Wildman–Crippen MR) is 59.7 cm³/mol. The molecule has 0 aliphatic rings. The molecule has 0 aliphatic carbocycles. The van der Waals surface area contributed by atoms with E-state index in [0.29, 0.717) is 12.8 Å². The smallest absolute Gasteiger partial charge is 0.326 e. The summed E-state index contributed by atoms with van der Waals surface area (Å²) < 4.78 is 0. The largest absolute Gasteiger partial charge is 0.481 e. The molecule has 0 rings (SSSR count). The average molecular weight is 258 g/mol. The number of amides is 1. The minimum Gasteiger partial charge on any atom is -0.481 e. The first-order chi connectivity index (χ1) is 8.47. The molecule has 9 heteroatoms. The summed E-state index contributed by atoms with van der Waals surface area (Å²) in [7, 11) is 0. The number of carboxylic acid groups (broad SMARTS) is 2. The molecule has 9 nitrogen and oxygen atoms in total. The first-order valence-corrected chi connectivity index (χ1v) is 5.22. The second-order valence-corrected chi connectivity index (χ2v) is 3.47. The number of nitrogens with zero attached hydrogens (tertiary/aromatic N) is 3. The summed E-state index contributed by atoms with van der Waals surface area (Å²) in [5.74, 6) is -3.23. The number of carbonyl (C=O) groups excluding carboxylic acids is 1. The Morgan fingerprint density at radius 3 is 2.44 bits per heavy atom. The van der Waals surface area contributed by atoms with Crippen molar-refractivity contribution in [2.75, 3.05) is 6.54 Å². The van der Waals surface area contributed by atoms with Gasteiger partial charge in [-0.15, -0.1) is 0 Å². The van der Waals surface area contributed by atoms with Gasteiger partial charge in [0.1, 0.15) is 6.04 Å². The highest BCUT2D eigenvalue weighted by molar-refractivity contribution is 5.86. The van der Waals surface area contributed by atoms with E-state index in [2.05, 4.69) is 15.3 Å². The van der Waals surface area contributed by atoms with Crippen molar-refractivity contribution in [2.24, 2.45) is 5.11 Å². The normalized spacial score (nSPS) is 11.1. The van der Waals surface area contributed by atoms with E-state index in [1.54, 1.807) is 0 Å².